The van der Waals surface area contributed by atoms with Crippen molar-refractivity contribution in [2.75, 3.05) is 14.1 Å². The molecule has 0 bridgehead atoms. The van der Waals surface area contributed by atoms with Crippen molar-refractivity contribution in [3.05, 3.63) is 30.6 Å². The van der Waals surface area contributed by atoms with E-state index in [1.54, 1.807) is 6.07 Å². The van der Waals surface area contributed by atoms with Crippen molar-refractivity contribution < 1.29 is 17.7 Å². The number of ether oxygens (including phenoxy) is 2. The van der Waals surface area contributed by atoms with Gasteiger partial charge in [0.05, 0.1) is 22.3 Å². The van der Waals surface area contributed by atoms with Gasteiger partial charge in [-0.05, 0) is 23.6 Å². The van der Waals surface area contributed by atoms with Gasteiger partial charge >= 0.3 is 0 Å². The lowest BCUT2D eigenvalue weighted by atomic mass is 10.1. The summed E-state index contributed by atoms with van der Waals surface area (Å²) < 4.78 is 52.2. The molecule has 0 amide bonds. The van der Waals surface area contributed by atoms with E-state index in [-0.39, 0.29) is 11.5 Å². The molecule has 1 aromatic carbocycles. The molecule has 0 atom stereocenters. The Labute approximate surface area is 90.7 Å². The van der Waals surface area contributed by atoms with Gasteiger partial charge in [0.25, 0.3) is 0 Å². The van der Waals surface area contributed by atoms with Crippen LogP contribution in [-0.4, -0.2) is 19.1 Å². The largest absolute Gasteiger partial charge is 0.493 e. The number of hydrogen-bond acceptors (Lipinski definition) is 3. The number of fused-ring (bicyclic) bond motifs is 1. The highest BCUT2D eigenvalue weighted by molar-refractivity contribution is 5.85. The zero-order valence-electron chi connectivity index (χ0n) is 13.2. The summed E-state index contributed by atoms with van der Waals surface area (Å²) in [6.45, 7) is 0. The van der Waals surface area contributed by atoms with E-state index in [9.17, 15) is 0 Å². The van der Waals surface area contributed by atoms with Crippen LogP contribution in [-0.2, 0) is 0 Å². The molecule has 0 radical (unpaired) electrons. The third-order valence-electron chi connectivity index (χ3n) is 1.92. The van der Waals surface area contributed by atoms with E-state index >= 15 is 0 Å². The predicted octanol–water partition coefficient (Wildman–Crippen LogP) is 2.25. The van der Waals surface area contributed by atoms with Crippen LogP contribution in [0.4, 0.5) is 0 Å². The molecule has 3 heteroatoms. The quantitative estimate of drug-likeness (QED) is 0.736. The number of rotatable bonds is 2. The van der Waals surface area contributed by atoms with Gasteiger partial charge in [0.2, 0.25) is 0 Å². The third-order valence-corrected chi connectivity index (χ3v) is 1.92. The van der Waals surface area contributed by atoms with Gasteiger partial charge in [0, 0.05) is 17.8 Å². The van der Waals surface area contributed by atoms with Crippen LogP contribution in [0, 0.1) is 0 Å². The Morgan fingerprint density at radius 3 is 2.57 bits per heavy atom. The molecule has 0 unspecified atom stereocenters. The number of hydrogen-bond donors (Lipinski definition) is 0. The maximum atomic E-state index is 7.11. The number of nitrogens with zero attached hydrogens (tertiary/aromatic N) is 1. The van der Waals surface area contributed by atoms with Gasteiger partial charge in [-0.2, -0.15) is 0 Å². The Morgan fingerprint density at radius 1 is 1.14 bits per heavy atom. The first-order valence-electron chi connectivity index (χ1n) is 6.90. The molecule has 0 aliphatic heterocycles. The van der Waals surface area contributed by atoms with Crippen molar-refractivity contribution in [3.63, 3.8) is 0 Å². The Bertz CT molecular complexity index is 568. The van der Waals surface area contributed by atoms with Crippen LogP contribution in [0.1, 0.15) is 8.22 Å². The van der Waals surface area contributed by atoms with Gasteiger partial charge in [-0.15, -0.1) is 0 Å². The second-order valence-corrected chi connectivity index (χ2v) is 2.73. The second kappa shape index (κ2) is 3.54. The molecule has 14 heavy (non-hydrogen) atoms. The molecule has 0 saturated heterocycles. The summed E-state index contributed by atoms with van der Waals surface area (Å²) in [6, 6.07) is 4.45. The smallest absolute Gasteiger partial charge is 0.161 e. The minimum absolute atomic E-state index is 0.153. The Hall–Kier alpha value is -1.77. The van der Waals surface area contributed by atoms with Crippen LogP contribution in [0.2, 0.25) is 0 Å². The standard InChI is InChI=1S/C11H11NO2/c1-13-10-5-8-3-4-12-7-9(8)6-11(10)14-2/h3-7H,1-2H3/i1D3,2D3. The van der Waals surface area contributed by atoms with Crippen LogP contribution < -0.4 is 9.47 Å². The van der Waals surface area contributed by atoms with Crippen molar-refractivity contribution in [1.82, 2.24) is 4.98 Å². The van der Waals surface area contributed by atoms with Crippen molar-refractivity contribution in [2.24, 2.45) is 0 Å². The lowest BCUT2D eigenvalue weighted by Gasteiger charge is -2.08. The molecule has 2 rings (SSSR count). The van der Waals surface area contributed by atoms with E-state index < -0.39 is 14.1 Å². The molecular weight excluding hydrogens is 178 g/mol. The van der Waals surface area contributed by atoms with Gasteiger partial charge < -0.3 is 9.47 Å². The van der Waals surface area contributed by atoms with E-state index in [1.807, 2.05) is 0 Å². The van der Waals surface area contributed by atoms with Gasteiger partial charge in [0.15, 0.2) is 11.5 Å². The fourth-order valence-corrected chi connectivity index (χ4v) is 1.25. The summed E-state index contributed by atoms with van der Waals surface area (Å²) >= 11 is 0. The monoisotopic (exact) mass is 195 g/mol. The van der Waals surface area contributed by atoms with Crippen LogP contribution >= 0.6 is 0 Å². The normalized spacial score (nSPS) is 18.3. The first-order chi connectivity index (χ1) is 9.14. The zero-order valence-corrected chi connectivity index (χ0v) is 7.15. The Balaban J connectivity index is 2.52. The van der Waals surface area contributed by atoms with Crippen molar-refractivity contribution in [1.29, 1.82) is 0 Å². The highest BCUT2D eigenvalue weighted by atomic mass is 16.5. The summed E-state index contributed by atoms with van der Waals surface area (Å²) in [4.78, 5) is 3.91. The number of aromatic nitrogens is 1. The Morgan fingerprint density at radius 2 is 1.86 bits per heavy atom. The van der Waals surface area contributed by atoms with Crippen molar-refractivity contribution in [2.45, 2.75) is 0 Å². The summed E-state index contributed by atoms with van der Waals surface area (Å²) in [6.07, 6.45) is 3.05. The maximum absolute atomic E-state index is 7.11. The molecule has 3 nitrogen and oxygen atoms in total. The third kappa shape index (κ3) is 1.37. The van der Waals surface area contributed by atoms with Crippen molar-refractivity contribution >= 4 is 10.8 Å². The Kier molecular flexibility index (Phi) is 1.05. The summed E-state index contributed by atoms with van der Waals surface area (Å²) in [7, 11) is -5.41. The van der Waals surface area contributed by atoms with Crippen LogP contribution in [0.5, 0.6) is 11.5 Å². The summed E-state index contributed by atoms with van der Waals surface area (Å²) in [5.74, 6) is -0.318. The number of benzene rings is 1. The molecule has 1 heterocycles. The van der Waals surface area contributed by atoms with Gasteiger partial charge in [0.1, 0.15) is 0 Å². The first kappa shape index (κ1) is 4.17. The summed E-state index contributed by atoms with van der Waals surface area (Å²) in [5.41, 5.74) is 0. The zero-order chi connectivity index (χ0) is 15.0. The molecule has 0 spiro atoms. The molecular formula is C11H11NO2. The SMILES string of the molecule is [2H]C([2H])([2H])Oc1cc2ccncc2cc1OC([2H])([2H])[2H]. The maximum Gasteiger partial charge on any atom is 0.161 e. The fraction of sp³-hybridized carbons (Fsp3) is 0.182. The molecule has 1 aromatic heterocycles. The van der Waals surface area contributed by atoms with Crippen molar-refractivity contribution in [3.8, 4) is 11.5 Å². The first-order valence-corrected chi connectivity index (χ1v) is 3.90. The number of pyridine rings is 1. The second-order valence-electron chi connectivity index (χ2n) is 2.73. The molecule has 2 aromatic rings. The minimum Gasteiger partial charge on any atom is -0.493 e. The highest BCUT2D eigenvalue weighted by Crippen LogP contribution is 2.31. The molecule has 0 aliphatic carbocycles. The van der Waals surface area contributed by atoms with Gasteiger partial charge in [-0.1, -0.05) is 0 Å². The molecule has 0 N–H and O–H groups in total. The fourth-order valence-electron chi connectivity index (χ4n) is 1.25. The lowest BCUT2D eigenvalue weighted by Crippen LogP contribution is -1.90. The molecule has 72 valence electrons. The summed E-state index contributed by atoms with van der Waals surface area (Å²) in [5, 5.41) is 1.28. The van der Waals surface area contributed by atoms with Crippen LogP contribution in [0.25, 0.3) is 10.8 Å². The minimum atomic E-state index is -2.71. The van der Waals surface area contributed by atoms with E-state index in [4.69, 9.17) is 17.7 Å². The van der Waals surface area contributed by atoms with E-state index in [1.165, 1.54) is 24.5 Å². The average Bonchev–Trinajstić information content (AvgIpc) is 2.26. The topological polar surface area (TPSA) is 31.4 Å². The average molecular weight is 195 g/mol. The van der Waals surface area contributed by atoms with Crippen LogP contribution in [0.15, 0.2) is 30.6 Å². The lowest BCUT2D eigenvalue weighted by molar-refractivity contribution is 0.356. The van der Waals surface area contributed by atoms with E-state index in [0.717, 1.165) is 0 Å². The molecule has 0 aliphatic rings. The van der Waals surface area contributed by atoms with Gasteiger partial charge in [-0.25, -0.2) is 0 Å². The van der Waals surface area contributed by atoms with E-state index in [0.29, 0.717) is 10.8 Å². The highest BCUT2D eigenvalue weighted by Gasteiger charge is 2.04. The predicted molar refractivity (Wildman–Crippen MR) is 54.8 cm³/mol. The number of methoxy groups -OCH3 is 2. The van der Waals surface area contributed by atoms with E-state index in [2.05, 4.69) is 4.98 Å². The van der Waals surface area contributed by atoms with Gasteiger partial charge in [-0.3, -0.25) is 4.98 Å². The molecule has 0 saturated carbocycles. The molecule has 0 fully saturated rings. The van der Waals surface area contributed by atoms with Crippen LogP contribution in [0.3, 0.4) is 0 Å².